The van der Waals surface area contributed by atoms with Gasteiger partial charge in [-0.05, 0) is 31.2 Å². The highest BCUT2D eigenvalue weighted by molar-refractivity contribution is 7.99. The zero-order chi connectivity index (χ0) is 19.2. The number of benzene rings is 2. The molecule has 1 heterocycles. The minimum Gasteiger partial charge on any atom is -0.272 e. The minimum absolute atomic E-state index is 0.0227. The molecule has 2 amide bonds. The molecule has 0 saturated heterocycles. The second-order valence-corrected chi connectivity index (χ2v) is 6.57. The molecule has 27 heavy (non-hydrogen) atoms. The number of H-pyrrole nitrogens is 1. The van der Waals surface area contributed by atoms with E-state index in [1.54, 1.807) is 0 Å². The number of nitrogens with zero attached hydrogens (tertiary/aromatic N) is 2. The van der Waals surface area contributed by atoms with Gasteiger partial charge in [-0.3, -0.25) is 25.5 Å². The van der Waals surface area contributed by atoms with E-state index < -0.39 is 17.6 Å². The molecule has 7 nitrogen and oxygen atoms in total. The molecule has 0 aliphatic carbocycles. The third kappa shape index (κ3) is 5.14. The largest absolute Gasteiger partial charge is 0.272 e. The summed E-state index contributed by atoms with van der Waals surface area (Å²) in [7, 11) is 0. The molecule has 0 bridgehead atoms. The van der Waals surface area contributed by atoms with Gasteiger partial charge in [-0.25, -0.2) is 9.37 Å². The first kappa shape index (κ1) is 18.6. The Kier molecular flexibility index (Phi) is 5.82. The molecule has 3 aromatic rings. The third-order valence-corrected chi connectivity index (χ3v) is 4.39. The van der Waals surface area contributed by atoms with E-state index in [9.17, 15) is 14.0 Å². The van der Waals surface area contributed by atoms with E-state index in [-0.39, 0.29) is 11.3 Å². The fourth-order valence-electron chi connectivity index (χ4n) is 2.12. The Hall–Kier alpha value is -3.20. The van der Waals surface area contributed by atoms with Crippen LogP contribution in [0, 0.1) is 12.7 Å². The predicted octanol–water partition coefficient (Wildman–Crippen LogP) is 2.47. The third-order valence-electron chi connectivity index (χ3n) is 3.54. The standard InChI is InChI=1S/C18H16FN5O2S/c1-11-2-4-12(5-3-11)16-20-18(24-22-16)27-10-15(25)21-23-17(26)13-6-8-14(19)9-7-13/h2-9H,10H2,1H3,(H,21,25)(H,23,26)(H,20,22,24). The second kappa shape index (κ2) is 8.45. The topological polar surface area (TPSA) is 99.8 Å². The number of aryl methyl sites for hydroxylation is 1. The van der Waals surface area contributed by atoms with Crippen LogP contribution in [0.15, 0.2) is 53.7 Å². The van der Waals surface area contributed by atoms with Crippen LogP contribution in [0.5, 0.6) is 0 Å². The van der Waals surface area contributed by atoms with Crippen LogP contribution in [0.4, 0.5) is 4.39 Å². The average Bonchev–Trinajstić information content (AvgIpc) is 3.14. The zero-order valence-electron chi connectivity index (χ0n) is 14.3. The van der Waals surface area contributed by atoms with Gasteiger partial charge in [0.05, 0.1) is 5.75 Å². The molecule has 0 spiro atoms. The van der Waals surface area contributed by atoms with Crippen molar-refractivity contribution in [3.63, 3.8) is 0 Å². The molecule has 0 atom stereocenters. The van der Waals surface area contributed by atoms with Gasteiger partial charge in [0, 0.05) is 11.1 Å². The first-order valence-electron chi connectivity index (χ1n) is 7.98. The van der Waals surface area contributed by atoms with Gasteiger partial charge >= 0.3 is 0 Å². The number of carbonyl (C=O) groups is 2. The molecule has 0 aliphatic rings. The van der Waals surface area contributed by atoms with Crippen molar-refractivity contribution in [2.24, 2.45) is 0 Å². The molecular weight excluding hydrogens is 369 g/mol. The summed E-state index contributed by atoms with van der Waals surface area (Å²) < 4.78 is 12.8. The van der Waals surface area contributed by atoms with Crippen molar-refractivity contribution >= 4 is 23.6 Å². The maximum Gasteiger partial charge on any atom is 0.269 e. The lowest BCUT2D eigenvalue weighted by Gasteiger charge is -2.06. The molecule has 3 rings (SSSR count). The van der Waals surface area contributed by atoms with Gasteiger partial charge in [-0.2, -0.15) is 0 Å². The minimum atomic E-state index is -0.534. The fraction of sp³-hybridized carbons (Fsp3) is 0.111. The van der Waals surface area contributed by atoms with Gasteiger partial charge in [0.1, 0.15) is 5.82 Å². The molecule has 3 N–H and O–H groups in total. The van der Waals surface area contributed by atoms with Crippen LogP contribution in [0.25, 0.3) is 11.4 Å². The summed E-state index contributed by atoms with van der Waals surface area (Å²) in [6, 6.07) is 12.8. The summed E-state index contributed by atoms with van der Waals surface area (Å²) in [5, 5.41) is 7.31. The fourth-order valence-corrected chi connectivity index (χ4v) is 2.72. The first-order chi connectivity index (χ1) is 13.0. The molecule has 0 aliphatic heterocycles. The van der Waals surface area contributed by atoms with Crippen molar-refractivity contribution < 1.29 is 14.0 Å². The Balaban J connectivity index is 1.47. The Morgan fingerprint density at radius 2 is 1.78 bits per heavy atom. The van der Waals surface area contributed by atoms with Crippen LogP contribution in [0.3, 0.4) is 0 Å². The number of carbonyl (C=O) groups excluding carboxylic acids is 2. The summed E-state index contributed by atoms with van der Waals surface area (Å²) in [5.74, 6) is -0.759. The van der Waals surface area contributed by atoms with Crippen LogP contribution in [-0.4, -0.2) is 32.7 Å². The highest BCUT2D eigenvalue weighted by Gasteiger charge is 2.11. The molecule has 2 aromatic carbocycles. The monoisotopic (exact) mass is 385 g/mol. The number of halogens is 1. The number of thioether (sulfide) groups is 1. The summed E-state index contributed by atoms with van der Waals surface area (Å²) in [6.07, 6.45) is 0. The number of rotatable bonds is 5. The Morgan fingerprint density at radius 1 is 1.07 bits per heavy atom. The molecule has 0 saturated carbocycles. The van der Waals surface area contributed by atoms with Crippen molar-refractivity contribution in [1.29, 1.82) is 0 Å². The number of aromatic nitrogens is 3. The number of hydrogen-bond acceptors (Lipinski definition) is 5. The SMILES string of the molecule is Cc1ccc(-c2nc(SCC(=O)NNC(=O)c3ccc(F)cc3)n[nH]2)cc1. The number of hydrogen-bond donors (Lipinski definition) is 3. The Bertz CT molecular complexity index is 941. The summed E-state index contributed by atoms with van der Waals surface area (Å²) >= 11 is 1.13. The van der Waals surface area contributed by atoms with Crippen LogP contribution < -0.4 is 10.9 Å². The van der Waals surface area contributed by atoms with Gasteiger partial charge in [0.2, 0.25) is 11.1 Å². The van der Waals surface area contributed by atoms with Gasteiger partial charge in [0.15, 0.2) is 5.82 Å². The highest BCUT2D eigenvalue weighted by atomic mass is 32.2. The summed E-state index contributed by atoms with van der Waals surface area (Å²) in [4.78, 5) is 28.0. The molecule has 0 fully saturated rings. The van der Waals surface area contributed by atoms with Crippen molar-refractivity contribution in [2.45, 2.75) is 12.1 Å². The quantitative estimate of drug-likeness (QED) is 0.463. The normalized spacial score (nSPS) is 10.4. The smallest absolute Gasteiger partial charge is 0.269 e. The summed E-state index contributed by atoms with van der Waals surface area (Å²) in [5.41, 5.74) is 6.84. The average molecular weight is 385 g/mol. The highest BCUT2D eigenvalue weighted by Crippen LogP contribution is 2.19. The molecule has 0 radical (unpaired) electrons. The van der Waals surface area contributed by atoms with E-state index in [1.165, 1.54) is 24.3 Å². The van der Waals surface area contributed by atoms with Gasteiger partial charge in [-0.15, -0.1) is 5.10 Å². The van der Waals surface area contributed by atoms with Crippen molar-refractivity contribution in [2.75, 3.05) is 5.75 Å². The zero-order valence-corrected chi connectivity index (χ0v) is 15.1. The summed E-state index contributed by atoms with van der Waals surface area (Å²) in [6.45, 7) is 2.00. The molecule has 0 unspecified atom stereocenters. The van der Waals surface area contributed by atoms with Crippen molar-refractivity contribution in [3.05, 3.63) is 65.5 Å². The van der Waals surface area contributed by atoms with Gasteiger partial charge < -0.3 is 0 Å². The lowest BCUT2D eigenvalue weighted by Crippen LogP contribution is -2.42. The van der Waals surface area contributed by atoms with Gasteiger partial charge in [-0.1, -0.05) is 41.6 Å². The van der Waals surface area contributed by atoms with E-state index in [1.807, 2.05) is 31.2 Å². The number of nitrogens with one attached hydrogen (secondary N) is 3. The lowest BCUT2D eigenvalue weighted by atomic mass is 10.1. The maximum atomic E-state index is 12.8. The molecule has 9 heteroatoms. The van der Waals surface area contributed by atoms with E-state index in [4.69, 9.17) is 0 Å². The van der Waals surface area contributed by atoms with Crippen LogP contribution in [0.1, 0.15) is 15.9 Å². The predicted molar refractivity (Wildman–Crippen MR) is 99.3 cm³/mol. The Morgan fingerprint density at radius 3 is 2.48 bits per heavy atom. The second-order valence-electron chi connectivity index (χ2n) is 5.63. The van der Waals surface area contributed by atoms with Crippen LogP contribution >= 0.6 is 11.8 Å². The van der Waals surface area contributed by atoms with E-state index in [0.717, 1.165) is 22.9 Å². The van der Waals surface area contributed by atoms with Crippen LogP contribution in [-0.2, 0) is 4.79 Å². The van der Waals surface area contributed by atoms with Gasteiger partial charge in [0.25, 0.3) is 5.91 Å². The number of aromatic amines is 1. The molecule has 1 aromatic heterocycles. The molecular formula is C18H16FN5O2S. The van der Waals surface area contributed by atoms with Crippen molar-refractivity contribution in [3.8, 4) is 11.4 Å². The maximum absolute atomic E-state index is 12.8. The number of amides is 2. The van der Waals surface area contributed by atoms with E-state index in [2.05, 4.69) is 26.0 Å². The van der Waals surface area contributed by atoms with Crippen LogP contribution in [0.2, 0.25) is 0 Å². The lowest BCUT2D eigenvalue weighted by molar-refractivity contribution is -0.119. The van der Waals surface area contributed by atoms with E-state index in [0.29, 0.717) is 11.0 Å². The molecule has 138 valence electrons. The van der Waals surface area contributed by atoms with Crippen molar-refractivity contribution in [1.82, 2.24) is 26.0 Å². The first-order valence-corrected chi connectivity index (χ1v) is 8.97. The number of hydrazine groups is 1. The Labute approximate surface area is 158 Å². The van der Waals surface area contributed by atoms with E-state index >= 15 is 0 Å².